The van der Waals surface area contributed by atoms with Gasteiger partial charge in [-0.15, -0.1) is 0 Å². The number of furan rings is 1. The second-order valence-corrected chi connectivity index (χ2v) is 3.17. The van der Waals surface area contributed by atoms with Crippen LogP contribution in [0.3, 0.4) is 0 Å². The van der Waals surface area contributed by atoms with E-state index in [9.17, 15) is 0 Å². The molecule has 0 radical (unpaired) electrons. The van der Waals surface area contributed by atoms with Crippen molar-refractivity contribution in [3.05, 3.63) is 35.8 Å². The molecule has 2 nitrogen and oxygen atoms in total. The number of hydrogen-bond acceptors (Lipinski definition) is 2. The Balaban J connectivity index is 2.18. The predicted molar refractivity (Wildman–Crippen MR) is 52.5 cm³/mol. The molecule has 1 rings (SSSR count). The summed E-state index contributed by atoms with van der Waals surface area (Å²) in [6.07, 6.45) is 6.63. The van der Waals surface area contributed by atoms with Crippen molar-refractivity contribution in [1.29, 1.82) is 0 Å². The lowest BCUT2D eigenvalue weighted by Gasteiger charge is -1.98. The normalized spacial score (nSPS) is 12.0. The molecule has 0 bridgehead atoms. The highest BCUT2D eigenvalue weighted by atomic mass is 16.3. The second kappa shape index (κ2) is 5.60. The van der Waals surface area contributed by atoms with Gasteiger partial charge < -0.3 is 9.52 Å². The summed E-state index contributed by atoms with van der Waals surface area (Å²) in [6, 6.07) is 3.90. The summed E-state index contributed by atoms with van der Waals surface area (Å²) in [6.45, 7) is 2.19. The molecule has 1 N–H and O–H groups in total. The number of rotatable bonds is 5. The summed E-state index contributed by atoms with van der Waals surface area (Å²) in [4.78, 5) is 0. The van der Waals surface area contributed by atoms with E-state index in [4.69, 9.17) is 9.52 Å². The van der Waals surface area contributed by atoms with Gasteiger partial charge in [0.1, 0.15) is 5.76 Å². The SMILES string of the molecule is C/C(=C/CO)CCCc1ccco1. The summed E-state index contributed by atoms with van der Waals surface area (Å²) in [7, 11) is 0. The van der Waals surface area contributed by atoms with Crippen molar-refractivity contribution in [1.82, 2.24) is 0 Å². The minimum atomic E-state index is 0.145. The van der Waals surface area contributed by atoms with Crippen LogP contribution in [0.5, 0.6) is 0 Å². The van der Waals surface area contributed by atoms with Gasteiger partial charge in [-0.1, -0.05) is 11.6 Å². The summed E-state index contributed by atoms with van der Waals surface area (Å²) >= 11 is 0. The van der Waals surface area contributed by atoms with Gasteiger partial charge >= 0.3 is 0 Å². The zero-order valence-corrected chi connectivity index (χ0v) is 7.99. The first-order chi connectivity index (χ1) is 6.33. The summed E-state index contributed by atoms with van der Waals surface area (Å²) in [5.74, 6) is 1.04. The molecule has 0 aliphatic heterocycles. The van der Waals surface area contributed by atoms with Gasteiger partial charge in [0.15, 0.2) is 0 Å². The van der Waals surface area contributed by atoms with Gasteiger partial charge in [-0.2, -0.15) is 0 Å². The fourth-order valence-electron chi connectivity index (χ4n) is 1.25. The van der Waals surface area contributed by atoms with Crippen LogP contribution in [0.4, 0.5) is 0 Å². The van der Waals surface area contributed by atoms with Crippen LogP contribution < -0.4 is 0 Å². The van der Waals surface area contributed by atoms with E-state index < -0.39 is 0 Å². The maximum absolute atomic E-state index is 8.63. The minimum absolute atomic E-state index is 0.145. The Morgan fingerprint density at radius 2 is 2.46 bits per heavy atom. The topological polar surface area (TPSA) is 33.4 Å². The molecule has 0 saturated heterocycles. The molecule has 72 valence electrons. The van der Waals surface area contributed by atoms with Gasteiger partial charge in [-0.25, -0.2) is 0 Å². The van der Waals surface area contributed by atoms with Crippen LogP contribution in [0.2, 0.25) is 0 Å². The first-order valence-electron chi connectivity index (χ1n) is 4.62. The Morgan fingerprint density at radius 1 is 1.62 bits per heavy atom. The zero-order chi connectivity index (χ0) is 9.52. The maximum atomic E-state index is 8.63. The summed E-state index contributed by atoms with van der Waals surface area (Å²) in [5, 5.41) is 8.63. The van der Waals surface area contributed by atoms with Gasteiger partial charge in [0.05, 0.1) is 12.9 Å². The average molecular weight is 180 g/mol. The number of aliphatic hydroxyl groups is 1. The molecule has 0 aromatic carbocycles. The molecule has 0 amide bonds. The van der Waals surface area contributed by atoms with E-state index in [1.807, 2.05) is 25.1 Å². The van der Waals surface area contributed by atoms with Crippen molar-refractivity contribution >= 4 is 0 Å². The minimum Gasteiger partial charge on any atom is -0.469 e. The third-order valence-electron chi connectivity index (χ3n) is 2.01. The molecule has 0 atom stereocenters. The van der Waals surface area contributed by atoms with Crippen LogP contribution in [-0.4, -0.2) is 11.7 Å². The molecule has 1 aromatic heterocycles. The fraction of sp³-hybridized carbons (Fsp3) is 0.455. The van der Waals surface area contributed by atoms with Gasteiger partial charge in [-0.3, -0.25) is 0 Å². The first-order valence-corrected chi connectivity index (χ1v) is 4.62. The fourth-order valence-corrected chi connectivity index (χ4v) is 1.25. The van der Waals surface area contributed by atoms with Crippen LogP contribution in [0.1, 0.15) is 25.5 Å². The van der Waals surface area contributed by atoms with E-state index in [0.29, 0.717) is 0 Å². The molecule has 0 spiro atoms. The number of aryl methyl sites for hydroxylation is 1. The third kappa shape index (κ3) is 3.95. The van der Waals surface area contributed by atoms with Gasteiger partial charge in [0, 0.05) is 6.42 Å². The largest absolute Gasteiger partial charge is 0.469 e. The molecule has 2 heteroatoms. The van der Waals surface area contributed by atoms with Crippen molar-refractivity contribution in [3.63, 3.8) is 0 Å². The molecular weight excluding hydrogens is 164 g/mol. The van der Waals surface area contributed by atoms with Crippen LogP contribution in [0.15, 0.2) is 34.5 Å². The molecule has 1 heterocycles. The van der Waals surface area contributed by atoms with Crippen LogP contribution in [0, 0.1) is 0 Å². The Bertz CT molecular complexity index is 247. The average Bonchev–Trinajstić information content (AvgIpc) is 2.57. The van der Waals surface area contributed by atoms with Crippen molar-refractivity contribution in [2.45, 2.75) is 26.2 Å². The Kier molecular flexibility index (Phi) is 4.33. The standard InChI is InChI=1S/C11H16O2/c1-10(7-8-12)4-2-5-11-6-3-9-13-11/h3,6-7,9,12H,2,4-5,8H2,1H3/b10-7-. The highest BCUT2D eigenvalue weighted by Gasteiger charge is 1.95. The summed E-state index contributed by atoms with van der Waals surface area (Å²) in [5.41, 5.74) is 1.24. The molecule has 0 unspecified atom stereocenters. The molecule has 0 fully saturated rings. The molecule has 0 aliphatic rings. The third-order valence-corrected chi connectivity index (χ3v) is 2.01. The van der Waals surface area contributed by atoms with Crippen LogP contribution in [-0.2, 0) is 6.42 Å². The highest BCUT2D eigenvalue weighted by Crippen LogP contribution is 2.09. The Morgan fingerprint density at radius 3 is 3.08 bits per heavy atom. The maximum Gasteiger partial charge on any atom is 0.103 e. The number of aliphatic hydroxyl groups excluding tert-OH is 1. The zero-order valence-electron chi connectivity index (χ0n) is 7.99. The van der Waals surface area contributed by atoms with Gasteiger partial charge in [-0.05, 0) is 31.9 Å². The van der Waals surface area contributed by atoms with E-state index in [1.54, 1.807) is 6.26 Å². The van der Waals surface area contributed by atoms with E-state index in [-0.39, 0.29) is 6.61 Å². The van der Waals surface area contributed by atoms with E-state index >= 15 is 0 Å². The van der Waals surface area contributed by atoms with E-state index in [2.05, 4.69) is 0 Å². The van der Waals surface area contributed by atoms with Crippen molar-refractivity contribution in [2.24, 2.45) is 0 Å². The molecule has 1 aromatic rings. The van der Waals surface area contributed by atoms with E-state index in [0.717, 1.165) is 25.0 Å². The van der Waals surface area contributed by atoms with Gasteiger partial charge in [0.25, 0.3) is 0 Å². The molecule has 0 saturated carbocycles. The van der Waals surface area contributed by atoms with Crippen molar-refractivity contribution in [3.8, 4) is 0 Å². The number of allylic oxidation sites excluding steroid dienone is 1. The number of hydrogen-bond donors (Lipinski definition) is 1. The lowest BCUT2D eigenvalue weighted by Crippen LogP contribution is -1.85. The molecule has 13 heavy (non-hydrogen) atoms. The van der Waals surface area contributed by atoms with Crippen molar-refractivity contribution < 1.29 is 9.52 Å². The lowest BCUT2D eigenvalue weighted by atomic mass is 10.1. The first kappa shape index (κ1) is 10.1. The highest BCUT2D eigenvalue weighted by molar-refractivity contribution is 5.01. The molecular formula is C11H16O2. The Hall–Kier alpha value is -1.02. The predicted octanol–water partition coefficient (Wildman–Crippen LogP) is 2.54. The quantitative estimate of drug-likeness (QED) is 0.706. The monoisotopic (exact) mass is 180 g/mol. The van der Waals surface area contributed by atoms with Gasteiger partial charge in [0.2, 0.25) is 0 Å². The van der Waals surface area contributed by atoms with Crippen LogP contribution in [0.25, 0.3) is 0 Å². The van der Waals surface area contributed by atoms with E-state index in [1.165, 1.54) is 5.57 Å². The molecule has 0 aliphatic carbocycles. The van der Waals surface area contributed by atoms with Crippen LogP contribution >= 0.6 is 0 Å². The summed E-state index contributed by atoms with van der Waals surface area (Å²) < 4.78 is 5.21. The lowest BCUT2D eigenvalue weighted by molar-refractivity contribution is 0.341. The van der Waals surface area contributed by atoms with Crippen molar-refractivity contribution in [2.75, 3.05) is 6.61 Å². The second-order valence-electron chi connectivity index (χ2n) is 3.17. The smallest absolute Gasteiger partial charge is 0.103 e. The Labute approximate surface area is 78.9 Å².